The van der Waals surface area contributed by atoms with Gasteiger partial charge in [-0.3, -0.25) is 4.79 Å². The van der Waals surface area contributed by atoms with E-state index in [2.05, 4.69) is 15.2 Å². The minimum atomic E-state index is -0.406. The van der Waals surface area contributed by atoms with Crippen molar-refractivity contribution in [2.75, 3.05) is 36.5 Å². The van der Waals surface area contributed by atoms with Crippen LogP contribution in [0.3, 0.4) is 0 Å². The molecule has 1 aliphatic heterocycles. The van der Waals surface area contributed by atoms with Crippen molar-refractivity contribution >= 4 is 45.5 Å². The van der Waals surface area contributed by atoms with Crippen LogP contribution in [-0.4, -0.2) is 43.6 Å². The number of H-pyrrole nitrogens is 1. The molecule has 0 atom stereocenters. The fourth-order valence-corrected chi connectivity index (χ4v) is 4.57. The number of carbonyl (C=O) groups excluding carboxylic acids is 2. The Balaban J connectivity index is 0.00000185. The summed E-state index contributed by atoms with van der Waals surface area (Å²) in [7, 11) is 1.36. The molecule has 252 valence electrons. The van der Waals surface area contributed by atoms with E-state index in [4.69, 9.17) is 4.74 Å². The van der Waals surface area contributed by atoms with Gasteiger partial charge in [-0.25, -0.2) is 4.79 Å². The third-order valence-electron chi connectivity index (χ3n) is 6.43. The molecule has 3 aromatic carbocycles. The second kappa shape index (κ2) is 23.9. The number of rotatable bonds is 7. The Labute approximate surface area is 277 Å². The van der Waals surface area contributed by atoms with Gasteiger partial charge in [0, 0.05) is 35.4 Å². The molecule has 4 aromatic rings. The van der Waals surface area contributed by atoms with Crippen molar-refractivity contribution in [2.24, 2.45) is 10.2 Å². The van der Waals surface area contributed by atoms with E-state index in [9.17, 15) is 9.59 Å². The Hall–Kier alpha value is -4.46. The van der Waals surface area contributed by atoms with Gasteiger partial charge < -0.3 is 19.5 Å². The average Bonchev–Trinajstić information content (AvgIpc) is 3.79. The summed E-state index contributed by atoms with van der Waals surface area (Å²) in [5, 5.41) is 9.50. The fraction of sp³-hybridized carbons (Fsp3) is 0.421. The first-order chi connectivity index (χ1) is 22.6. The number of fused-ring (bicyclic) bond motifs is 3. The number of anilines is 2. The normalized spacial score (nSPS) is 10.7. The van der Waals surface area contributed by atoms with Gasteiger partial charge in [-0.2, -0.15) is 10.2 Å². The third-order valence-corrected chi connectivity index (χ3v) is 6.43. The average molecular weight is 632 g/mol. The lowest BCUT2D eigenvalue weighted by Crippen LogP contribution is -2.39. The first-order valence-electron chi connectivity index (χ1n) is 16.9. The first-order valence-corrected chi connectivity index (χ1v) is 16.9. The molecule has 0 saturated heterocycles. The maximum Gasteiger partial charge on any atom is 0.354 e. The van der Waals surface area contributed by atoms with Crippen LogP contribution in [0.2, 0.25) is 0 Å². The molecule has 2 heterocycles. The number of hydrogen-bond donors (Lipinski definition) is 1. The minimum absolute atomic E-state index is 0.0338. The van der Waals surface area contributed by atoms with Gasteiger partial charge in [-0.05, 0) is 73.5 Å². The predicted molar refractivity (Wildman–Crippen MR) is 197 cm³/mol. The summed E-state index contributed by atoms with van der Waals surface area (Å²) >= 11 is 0. The van der Waals surface area contributed by atoms with Crippen LogP contribution in [0, 0.1) is 0 Å². The Morgan fingerprint density at radius 3 is 1.91 bits per heavy atom. The molecule has 8 heteroatoms. The van der Waals surface area contributed by atoms with Gasteiger partial charge in [-0.1, -0.05) is 87.4 Å². The zero-order valence-corrected chi connectivity index (χ0v) is 30.3. The van der Waals surface area contributed by atoms with Crippen LogP contribution in [0.5, 0.6) is 0 Å². The highest BCUT2D eigenvalue weighted by molar-refractivity contribution is 6.03. The molecule has 46 heavy (non-hydrogen) atoms. The van der Waals surface area contributed by atoms with Crippen molar-refractivity contribution in [3.05, 3.63) is 84.1 Å². The molecular formula is C38H57N5O3. The number of aromatic nitrogens is 1. The summed E-state index contributed by atoms with van der Waals surface area (Å²) in [6, 6.07) is 23.0. The van der Waals surface area contributed by atoms with Gasteiger partial charge in [-0.15, -0.1) is 0 Å². The van der Waals surface area contributed by atoms with E-state index in [1.807, 2.05) is 159 Å². The standard InChI is InChI=1S/C28H27N5O3.5C2H6/c1-3-32(21-11-9-20(10-12-21)31-30-19-7-5-4-6-8-19)18-27(34)33-16-15-22-23-17-25(28(35)36-2)29-24(23)13-14-26(22)33;5*1-2/h4-14,17,29H,3,15-16,18H2,1-2H3;5*1-2H3. The number of carbonyl (C=O) groups is 2. The van der Waals surface area contributed by atoms with E-state index < -0.39 is 5.97 Å². The molecule has 0 radical (unpaired) electrons. The molecule has 1 aliphatic rings. The summed E-state index contributed by atoms with van der Waals surface area (Å²) in [4.78, 5) is 32.3. The first kappa shape index (κ1) is 41.5. The summed E-state index contributed by atoms with van der Waals surface area (Å²) in [5.74, 6) is -0.372. The molecule has 5 rings (SSSR count). The number of benzene rings is 3. The smallest absolute Gasteiger partial charge is 0.354 e. The Bertz CT molecular complexity index is 1430. The van der Waals surface area contributed by atoms with Crippen molar-refractivity contribution in [3.63, 3.8) is 0 Å². The highest BCUT2D eigenvalue weighted by atomic mass is 16.5. The topological polar surface area (TPSA) is 90.4 Å². The van der Waals surface area contributed by atoms with Gasteiger partial charge in [0.15, 0.2) is 0 Å². The van der Waals surface area contributed by atoms with Gasteiger partial charge in [0.2, 0.25) is 5.91 Å². The van der Waals surface area contributed by atoms with Crippen LogP contribution in [-0.2, 0) is 16.0 Å². The monoisotopic (exact) mass is 631 g/mol. The van der Waals surface area contributed by atoms with E-state index in [0.29, 0.717) is 18.8 Å². The Morgan fingerprint density at radius 2 is 1.37 bits per heavy atom. The number of azo groups is 1. The number of nitrogens with one attached hydrogen (secondary N) is 1. The largest absolute Gasteiger partial charge is 0.464 e. The molecule has 1 N–H and O–H groups in total. The van der Waals surface area contributed by atoms with E-state index in [1.54, 1.807) is 0 Å². The second-order valence-electron chi connectivity index (χ2n) is 8.56. The van der Waals surface area contributed by atoms with Crippen molar-refractivity contribution in [3.8, 4) is 0 Å². The zero-order valence-electron chi connectivity index (χ0n) is 30.3. The molecule has 1 aromatic heterocycles. The lowest BCUT2D eigenvalue weighted by Gasteiger charge is -2.26. The molecule has 0 fully saturated rings. The second-order valence-corrected chi connectivity index (χ2v) is 8.56. The number of nitrogens with zero attached hydrogens (tertiary/aromatic N) is 4. The van der Waals surface area contributed by atoms with E-state index >= 15 is 0 Å². The zero-order chi connectivity index (χ0) is 35.1. The van der Waals surface area contributed by atoms with Crippen molar-refractivity contribution < 1.29 is 14.3 Å². The molecule has 8 nitrogen and oxygen atoms in total. The number of hydrogen-bond acceptors (Lipinski definition) is 6. The van der Waals surface area contributed by atoms with Crippen LogP contribution in [0.15, 0.2) is 83.0 Å². The van der Waals surface area contributed by atoms with Gasteiger partial charge in [0.1, 0.15) is 5.69 Å². The van der Waals surface area contributed by atoms with Gasteiger partial charge in [0.05, 0.1) is 25.0 Å². The Kier molecular flexibility index (Phi) is 21.5. The lowest BCUT2D eigenvalue weighted by atomic mass is 10.1. The number of ether oxygens (including phenoxy) is 1. The number of esters is 1. The number of aromatic amines is 1. The molecule has 0 unspecified atom stereocenters. The SMILES string of the molecule is CC.CC.CC.CC.CC.CCN(CC(=O)N1CCc2c1ccc1[nH]c(C(=O)OC)cc21)c1ccc(N=Nc2ccccc2)cc1. The maximum absolute atomic E-state index is 13.3. The number of likely N-dealkylation sites (N-methyl/N-ethyl adjacent to an activating group) is 1. The fourth-order valence-electron chi connectivity index (χ4n) is 4.57. The molecule has 0 spiro atoms. The molecule has 0 saturated carbocycles. The van der Waals surface area contributed by atoms with Crippen molar-refractivity contribution in [1.82, 2.24) is 4.98 Å². The summed E-state index contributed by atoms with van der Waals surface area (Å²) < 4.78 is 4.83. The minimum Gasteiger partial charge on any atom is -0.464 e. The number of methoxy groups -OCH3 is 1. The third kappa shape index (κ3) is 11.2. The predicted octanol–water partition coefficient (Wildman–Crippen LogP) is 10.9. The van der Waals surface area contributed by atoms with Crippen LogP contribution in [0.1, 0.15) is 92.2 Å². The van der Waals surface area contributed by atoms with Crippen molar-refractivity contribution in [2.45, 2.75) is 82.6 Å². The summed E-state index contributed by atoms with van der Waals surface area (Å²) in [5.41, 5.74) is 5.75. The van der Waals surface area contributed by atoms with E-state index in [-0.39, 0.29) is 12.5 Å². The summed E-state index contributed by atoms with van der Waals surface area (Å²) in [6.07, 6.45) is 0.740. The molecule has 1 amide bonds. The number of amides is 1. The van der Waals surface area contributed by atoms with Crippen LogP contribution < -0.4 is 9.80 Å². The lowest BCUT2D eigenvalue weighted by molar-refractivity contribution is -0.117. The van der Waals surface area contributed by atoms with Crippen molar-refractivity contribution in [1.29, 1.82) is 0 Å². The highest BCUT2D eigenvalue weighted by Crippen LogP contribution is 2.35. The molecule has 0 aliphatic carbocycles. The molecular weight excluding hydrogens is 574 g/mol. The quantitative estimate of drug-likeness (QED) is 0.162. The maximum atomic E-state index is 13.3. The Morgan fingerprint density at radius 1 is 0.804 bits per heavy atom. The summed E-state index contributed by atoms with van der Waals surface area (Å²) in [6.45, 7) is 23.6. The van der Waals surface area contributed by atoms with Gasteiger partial charge >= 0.3 is 5.97 Å². The van der Waals surface area contributed by atoms with Gasteiger partial charge in [0.25, 0.3) is 0 Å². The van der Waals surface area contributed by atoms with Crippen LogP contribution in [0.4, 0.5) is 22.7 Å². The van der Waals surface area contributed by atoms with Crippen LogP contribution >= 0.6 is 0 Å². The highest BCUT2D eigenvalue weighted by Gasteiger charge is 2.28. The van der Waals surface area contributed by atoms with E-state index in [1.165, 1.54) is 7.11 Å². The van der Waals surface area contributed by atoms with Crippen LogP contribution in [0.25, 0.3) is 10.9 Å². The van der Waals surface area contributed by atoms with E-state index in [0.717, 1.165) is 45.6 Å². The molecule has 0 bridgehead atoms.